The minimum Gasteiger partial charge on any atom is -0.481 e. The number of hydrogen-bond acceptors (Lipinski definition) is 5. The average Bonchev–Trinajstić information content (AvgIpc) is 2.35. The van der Waals surface area contributed by atoms with E-state index in [-0.39, 0.29) is 30.0 Å². The van der Waals surface area contributed by atoms with E-state index in [1.165, 1.54) is 0 Å². The first-order valence-electron chi connectivity index (χ1n) is 6.33. The van der Waals surface area contributed by atoms with Crippen molar-refractivity contribution in [3.05, 3.63) is 0 Å². The van der Waals surface area contributed by atoms with E-state index in [4.69, 9.17) is 5.11 Å². The standard InChI is InChI=1S/C11H20N2O5S2/c1-20(17,18)12-6-9-4-2-3-5-13(9)10(14)7-19-8-11(15)16/h9,12H,2-8H2,1H3,(H,15,16). The Balaban J connectivity index is 2.50. The average molecular weight is 324 g/mol. The van der Waals surface area contributed by atoms with Gasteiger partial charge in [0.05, 0.1) is 17.8 Å². The van der Waals surface area contributed by atoms with Crippen molar-refractivity contribution in [2.45, 2.75) is 25.3 Å². The second-order valence-electron chi connectivity index (χ2n) is 4.74. The molecule has 0 aromatic carbocycles. The molecule has 1 heterocycles. The van der Waals surface area contributed by atoms with Crippen molar-refractivity contribution in [3.63, 3.8) is 0 Å². The van der Waals surface area contributed by atoms with Crippen LogP contribution in [0.15, 0.2) is 0 Å². The summed E-state index contributed by atoms with van der Waals surface area (Å²) in [7, 11) is -3.27. The van der Waals surface area contributed by atoms with E-state index in [9.17, 15) is 18.0 Å². The Morgan fingerprint density at radius 3 is 2.65 bits per heavy atom. The molecule has 0 bridgehead atoms. The van der Waals surface area contributed by atoms with Crippen LogP contribution in [0.1, 0.15) is 19.3 Å². The number of amides is 1. The van der Waals surface area contributed by atoms with Crippen molar-refractivity contribution in [1.82, 2.24) is 9.62 Å². The molecular weight excluding hydrogens is 304 g/mol. The summed E-state index contributed by atoms with van der Waals surface area (Å²) in [5.74, 6) is -1.07. The molecule has 0 aromatic heterocycles. The Morgan fingerprint density at radius 1 is 1.35 bits per heavy atom. The van der Waals surface area contributed by atoms with Crippen molar-refractivity contribution < 1.29 is 23.1 Å². The first-order chi connectivity index (χ1) is 9.29. The van der Waals surface area contributed by atoms with Crippen LogP contribution in [0.2, 0.25) is 0 Å². The van der Waals surface area contributed by atoms with Crippen LogP contribution in [0.4, 0.5) is 0 Å². The molecule has 9 heteroatoms. The first kappa shape index (κ1) is 17.3. The summed E-state index contributed by atoms with van der Waals surface area (Å²) in [5, 5.41) is 8.54. The quantitative estimate of drug-likeness (QED) is 0.668. The number of likely N-dealkylation sites (tertiary alicyclic amines) is 1. The summed E-state index contributed by atoms with van der Waals surface area (Å²) < 4.78 is 24.7. The van der Waals surface area contributed by atoms with Crippen LogP contribution in [-0.2, 0) is 19.6 Å². The number of carbonyl (C=O) groups is 2. The zero-order chi connectivity index (χ0) is 15.2. The SMILES string of the molecule is CS(=O)(=O)NCC1CCCCN1C(=O)CSCC(=O)O. The van der Waals surface area contributed by atoms with Crippen LogP contribution in [0.5, 0.6) is 0 Å². The minimum absolute atomic E-state index is 0.105. The molecule has 1 fully saturated rings. The molecule has 20 heavy (non-hydrogen) atoms. The summed E-state index contributed by atoms with van der Waals surface area (Å²) in [6.07, 6.45) is 3.70. The van der Waals surface area contributed by atoms with Gasteiger partial charge in [-0.3, -0.25) is 9.59 Å². The number of piperidine rings is 1. The Morgan fingerprint density at radius 2 is 2.05 bits per heavy atom. The van der Waals surface area contributed by atoms with Crippen molar-refractivity contribution in [1.29, 1.82) is 0 Å². The molecule has 1 atom stereocenters. The van der Waals surface area contributed by atoms with Crippen molar-refractivity contribution in [2.75, 3.05) is 30.9 Å². The van der Waals surface area contributed by atoms with Gasteiger partial charge in [0.25, 0.3) is 0 Å². The number of sulfonamides is 1. The number of carboxylic acids is 1. The second-order valence-corrected chi connectivity index (χ2v) is 7.56. The van der Waals surface area contributed by atoms with Gasteiger partial charge in [0.1, 0.15) is 0 Å². The number of nitrogens with one attached hydrogen (secondary N) is 1. The molecule has 1 unspecified atom stereocenters. The van der Waals surface area contributed by atoms with E-state index in [2.05, 4.69) is 4.72 Å². The monoisotopic (exact) mass is 324 g/mol. The highest BCUT2D eigenvalue weighted by Gasteiger charge is 2.27. The molecule has 0 spiro atoms. The largest absolute Gasteiger partial charge is 0.481 e. The third-order valence-electron chi connectivity index (χ3n) is 2.98. The molecule has 116 valence electrons. The van der Waals surface area contributed by atoms with Gasteiger partial charge in [0, 0.05) is 19.1 Å². The third-order valence-corrected chi connectivity index (χ3v) is 4.57. The number of nitrogens with zero attached hydrogens (tertiary/aromatic N) is 1. The molecule has 7 nitrogen and oxygen atoms in total. The molecular formula is C11H20N2O5S2. The predicted molar refractivity (Wildman–Crippen MR) is 77.2 cm³/mol. The van der Waals surface area contributed by atoms with Crippen LogP contribution >= 0.6 is 11.8 Å². The summed E-state index contributed by atoms with van der Waals surface area (Å²) in [6, 6.07) is -0.142. The summed E-state index contributed by atoms with van der Waals surface area (Å²) in [6.45, 7) is 0.816. The number of aliphatic carboxylic acids is 1. The molecule has 0 radical (unpaired) electrons. The van der Waals surface area contributed by atoms with Crippen molar-refractivity contribution >= 4 is 33.7 Å². The van der Waals surface area contributed by atoms with Gasteiger partial charge in [-0.15, -0.1) is 11.8 Å². The van der Waals surface area contributed by atoms with Gasteiger partial charge in [-0.05, 0) is 19.3 Å². The molecule has 1 aliphatic rings. The lowest BCUT2D eigenvalue weighted by Crippen LogP contribution is -2.49. The molecule has 1 saturated heterocycles. The predicted octanol–water partition coefficient (Wildman–Crippen LogP) is -0.265. The highest BCUT2D eigenvalue weighted by molar-refractivity contribution is 8.00. The first-order valence-corrected chi connectivity index (χ1v) is 9.38. The molecule has 1 rings (SSSR count). The lowest BCUT2D eigenvalue weighted by Gasteiger charge is -2.35. The zero-order valence-corrected chi connectivity index (χ0v) is 13.0. The second kappa shape index (κ2) is 7.84. The van der Waals surface area contributed by atoms with E-state index >= 15 is 0 Å². The minimum atomic E-state index is -3.27. The van der Waals surface area contributed by atoms with Crippen LogP contribution < -0.4 is 4.72 Å². The van der Waals surface area contributed by atoms with Gasteiger partial charge < -0.3 is 10.0 Å². The fourth-order valence-electron chi connectivity index (χ4n) is 2.10. The molecule has 0 aromatic rings. The Labute approximate surface area is 123 Å². The Kier molecular flexibility index (Phi) is 6.77. The molecule has 1 aliphatic heterocycles. The van der Waals surface area contributed by atoms with E-state index in [0.29, 0.717) is 6.54 Å². The lowest BCUT2D eigenvalue weighted by molar-refractivity contribution is -0.133. The summed E-state index contributed by atoms with van der Waals surface area (Å²) in [4.78, 5) is 24.1. The zero-order valence-electron chi connectivity index (χ0n) is 11.4. The molecule has 0 aliphatic carbocycles. The van der Waals surface area contributed by atoms with Gasteiger partial charge in [-0.25, -0.2) is 13.1 Å². The normalized spacial score (nSPS) is 19.9. The summed E-state index contributed by atoms with van der Waals surface area (Å²) in [5.41, 5.74) is 0. The maximum Gasteiger partial charge on any atom is 0.313 e. The highest BCUT2D eigenvalue weighted by Crippen LogP contribution is 2.18. The molecule has 0 saturated carbocycles. The summed E-state index contributed by atoms with van der Waals surface area (Å²) >= 11 is 1.06. The van der Waals surface area contributed by atoms with Gasteiger partial charge >= 0.3 is 5.97 Å². The van der Waals surface area contributed by atoms with E-state index in [1.54, 1.807) is 4.90 Å². The smallest absolute Gasteiger partial charge is 0.313 e. The fraction of sp³-hybridized carbons (Fsp3) is 0.818. The van der Waals surface area contributed by atoms with Gasteiger partial charge in [0.2, 0.25) is 15.9 Å². The lowest BCUT2D eigenvalue weighted by atomic mass is 10.0. The van der Waals surface area contributed by atoms with E-state index < -0.39 is 16.0 Å². The maximum atomic E-state index is 12.0. The highest BCUT2D eigenvalue weighted by atomic mass is 32.2. The van der Waals surface area contributed by atoms with Crippen LogP contribution in [-0.4, -0.2) is 67.2 Å². The van der Waals surface area contributed by atoms with E-state index in [1.807, 2.05) is 0 Å². The Hall–Kier alpha value is -0.800. The number of rotatable bonds is 7. The van der Waals surface area contributed by atoms with Gasteiger partial charge in [0.15, 0.2) is 0 Å². The van der Waals surface area contributed by atoms with Gasteiger partial charge in [-0.1, -0.05) is 0 Å². The molecule has 2 N–H and O–H groups in total. The Bertz CT molecular complexity index is 452. The van der Waals surface area contributed by atoms with Crippen molar-refractivity contribution in [3.8, 4) is 0 Å². The number of thioether (sulfide) groups is 1. The van der Waals surface area contributed by atoms with Gasteiger partial charge in [-0.2, -0.15) is 0 Å². The van der Waals surface area contributed by atoms with Crippen LogP contribution in [0.3, 0.4) is 0 Å². The third kappa shape index (κ3) is 6.58. The molecule has 1 amide bonds. The van der Waals surface area contributed by atoms with Crippen molar-refractivity contribution in [2.24, 2.45) is 0 Å². The fourth-order valence-corrected chi connectivity index (χ4v) is 3.21. The number of carbonyl (C=O) groups excluding carboxylic acids is 1. The van der Waals surface area contributed by atoms with Crippen LogP contribution in [0, 0.1) is 0 Å². The maximum absolute atomic E-state index is 12.0. The van der Waals surface area contributed by atoms with Crippen LogP contribution in [0.25, 0.3) is 0 Å². The number of hydrogen-bond donors (Lipinski definition) is 2. The number of carboxylic acid groups (broad SMARTS) is 1. The topological polar surface area (TPSA) is 104 Å². The van der Waals surface area contributed by atoms with E-state index in [0.717, 1.165) is 37.3 Å².